The Kier molecular flexibility index (Phi) is 5.01. The number of carbonyl (C=O) groups excluding carboxylic acids is 1. The Morgan fingerprint density at radius 2 is 1.97 bits per heavy atom. The summed E-state index contributed by atoms with van der Waals surface area (Å²) in [5.41, 5.74) is 4.02. The molecule has 152 valence electrons. The minimum Gasteiger partial charge on any atom is -0.376 e. The minimum atomic E-state index is -0.0234. The molecule has 1 fully saturated rings. The summed E-state index contributed by atoms with van der Waals surface area (Å²) in [7, 11) is 0. The Balaban J connectivity index is 1.57. The molecule has 30 heavy (non-hydrogen) atoms. The van der Waals surface area contributed by atoms with E-state index < -0.39 is 0 Å². The third-order valence-corrected chi connectivity index (χ3v) is 6.92. The first-order valence-electron chi connectivity index (χ1n) is 10.4. The highest BCUT2D eigenvalue weighted by Crippen LogP contribution is 2.34. The fourth-order valence-electron chi connectivity index (χ4n) is 4.20. The Bertz CT molecular complexity index is 1240. The molecule has 4 aromatic rings. The molecule has 5 rings (SSSR count). The normalized spacial score (nSPS) is 16.4. The molecule has 1 unspecified atom stereocenters. The predicted molar refractivity (Wildman–Crippen MR) is 124 cm³/mol. The summed E-state index contributed by atoms with van der Waals surface area (Å²) >= 11 is 1.59. The van der Waals surface area contributed by atoms with Crippen molar-refractivity contribution in [2.75, 3.05) is 18.1 Å². The van der Waals surface area contributed by atoms with Gasteiger partial charge in [0.2, 0.25) is 0 Å². The second-order valence-electron chi connectivity index (χ2n) is 8.04. The molecule has 0 bridgehead atoms. The molecule has 1 aliphatic rings. The largest absolute Gasteiger partial charge is 0.376 e. The Morgan fingerprint density at radius 1 is 1.13 bits per heavy atom. The molecule has 1 saturated heterocycles. The lowest BCUT2D eigenvalue weighted by atomic mass is 10.1. The van der Waals surface area contributed by atoms with Crippen molar-refractivity contribution in [1.82, 2.24) is 4.98 Å². The van der Waals surface area contributed by atoms with Crippen molar-refractivity contribution in [3.63, 3.8) is 0 Å². The molecular weight excluding hydrogens is 392 g/mol. The molecule has 2 heterocycles. The van der Waals surface area contributed by atoms with Gasteiger partial charge >= 0.3 is 0 Å². The third kappa shape index (κ3) is 3.59. The monoisotopic (exact) mass is 416 g/mol. The number of ether oxygens (including phenoxy) is 1. The van der Waals surface area contributed by atoms with Gasteiger partial charge in [-0.3, -0.25) is 9.69 Å². The van der Waals surface area contributed by atoms with Gasteiger partial charge in [-0.1, -0.05) is 47.7 Å². The number of hydrogen-bond donors (Lipinski definition) is 0. The van der Waals surface area contributed by atoms with Crippen molar-refractivity contribution in [3.05, 3.63) is 71.3 Å². The summed E-state index contributed by atoms with van der Waals surface area (Å²) < 4.78 is 7.00. The van der Waals surface area contributed by atoms with Crippen LogP contribution in [0.2, 0.25) is 0 Å². The lowest BCUT2D eigenvalue weighted by Gasteiger charge is -2.23. The number of aromatic nitrogens is 1. The van der Waals surface area contributed by atoms with Crippen LogP contribution in [0.5, 0.6) is 0 Å². The molecule has 1 atom stereocenters. The summed E-state index contributed by atoms with van der Waals surface area (Å²) in [6, 6.07) is 18.3. The van der Waals surface area contributed by atoms with Crippen LogP contribution in [0.15, 0.2) is 54.6 Å². The van der Waals surface area contributed by atoms with Crippen LogP contribution in [0.4, 0.5) is 5.13 Å². The second kappa shape index (κ2) is 7.82. The van der Waals surface area contributed by atoms with Gasteiger partial charge in [0.25, 0.3) is 5.91 Å². The van der Waals surface area contributed by atoms with Crippen LogP contribution in [0.1, 0.15) is 34.3 Å². The first-order chi connectivity index (χ1) is 14.6. The molecule has 0 spiro atoms. The molecular formula is C25H24N2O2S. The number of nitrogens with zero attached hydrogens (tertiary/aromatic N) is 2. The van der Waals surface area contributed by atoms with Crippen molar-refractivity contribution >= 4 is 43.4 Å². The zero-order chi connectivity index (χ0) is 20.7. The zero-order valence-corrected chi connectivity index (χ0v) is 18.0. The number of fused-ring (bicyclic) bond motifs is 2. The third-order valence-electron chi connectivity index (χ3n) is 5.69. The van der Waals surface area contributed by atoms with Crippen LogP contribution in [0.25, 0.3) is 21.0 Å². The van der Waals surface area contributed by atoms with Gasteiger partial charge in [0, 0.05) is 12.2 Å². The minimum absolute atomic E-state index is 0.0234. The van der Waals surface area contributed by atoms with E-state index in [4.69, 9.17) is 9.72 Å². The van der Waals surface area contributed by atoms with Crippen molar-refractivity contribution < 1.29 is 9.53 Å². The predicted octanol–water partition coefficient (Wildman–Crippen LogP) is 5.89. The van der Waals surface area contributed by atoms with Crippen molar-refractivity contribution in [2.45, 2.75) is 32.8 Å². The standard InChI is InChI=1S/C25H24N2O2S/c1-16-12-17(2)23-22(13-16)26-25(30-23)27(15-21-8-5-11-29-21)24(28)20-10-9-18-6-3-4-7-19(18)14-20/h3-4,6-7,9-10,12-14,21H,5,8,11,15H2,1-2H3. The molecule has 4 nitrogen and oxygen atoms in total. The van der Waals surface area contributed by atoms with Crippen LogP contribution in [0, 0.1) is 13.8 Å². The average Bonchev–Trinajstić information content (AvgIpc) is 3.41. The maximum atomic E-state index is 13.6. The Hall–Kier alpha value is -2.76. The van der Waals surface area contributed by atoms with Crippen molar-refractivity contribution in [2.24, 2.45) is 0 Å². The van der Waals surface area contributed by atoms with Gasteiger partial charge in [-0.25, -0.2) is 4.98 Å². The van der Waals surface area contributed by atoms with Crippen LogP contribution in [-0.4, -0.2) is 30.1 Å². The zero-order valence-electron chi connectivity index (χ0n) is 17.2. The van der Waals surface area contributed by atoms with E-state index in [-0.39, 0.29) is 12.0 Å². The van der Waals surface area contributed by atoms with Gasteiger partial charge < -0.3 is 4.74 Å². The lowest BCUT2D eigenvalue weighted by molar-refractivity contribution is 0.0917. The highest BCUT2D eigenvalue weighted by Gasteiger charge is 2.27. The number of aryl methyl sites for hydroxylation is 2. The molecule has 0 saturated carbocycles. The maximum Gasteiger partial charge on any atom is 0.260 e. The summed E-state index contributed by atoms with van der Waals surface area (Å²) in [5.74, 6) is -0.0234. The van der Waals surface area contributed by atoms with E-state index in [1.165, 1.54) is 11.1 Å². The van der Waals surface area contributed by atoms with Gasteiger partial charge in [0.05, 0.1) is 22.9 Å². The summed E-state index contributed by atoms with van der Waals surface area (Å²) in [6.45, 7) is 5.48. The van der Waals surface area contributed by atoms with Crippen LogP contribution in [-0.2, 0) is 4.74 Å². The molecule has 1 amide bonds. The van der Waals surface area contributed by atoms with E-state index in [1.54, 1.807) is 11.3 Å². The number of thiazole rings is 1. The van der Waals surface area contributed by atoms with Gasteiger partial charge in [0.15, 0.2) is 5.13 Å². The van der Waals surface area contributed by atoms with E-state index in [0.29, 0.717) is 12.1 Å². The molecule has 0 N–H and O–H groups in total. The Labute approximate surface area is 180 Å². The first-order valence-corrected chi connectivity index (χ1v) is 11.2. The lowest BCUT2D eigenvalue weighted by Crippen LogP contribution is -2.37. The molecule has 0 aliphatic carbocycles. The first kappa shape index (κ1) is 19.2. The number of rotatable bonds is 4. The van der Waals surface area contributed by atoms with Gasteiger partial charge in [-0.2, -0.15) is 0 Å². The molecule has 1 aromatic heterocycles. The summed E-state index contributed by atoms with van der Waals surface area (Å²) in [4.78, 5) is 20.3. The van der Waals surface area contributed by atoms with Crippen molar-refractivity contribution in [1.29, 1.82) is 0 Å². The summed E-state index contributed by atoms with van der Waals surface area (Å²) in [6.07, 6.45) is 2.08. The number of carbonyl (C=O) groups is 1. The SMILES string of the molecule is Cc1cc(C)c2sc(N(CC3CCCO3)C(=O)c3ccc4ccccc4c3)nc2c1. The highest BCUT2D eigenvalue weighted by molar-refractivity contribution is 7.22. The van der Waals surface area contributed by atoms with Crippen LogP contribution in [0.3, 0.4) is 0 Å². The fraction of sp³-hybridized carbons (Fsp3) is 0.280. The average molecular weight is 417 g/mol. The van der Waals surface area contributed by atoms with E-state index in [2.05, 4.69) is 32.0 Å². The fourth-order valence-corrected chi connectivity index (χ4v) is 5.22. The number of benzene rings is 3. The molecule has 1 aliphatic heterocycles. The Morgan fingerprint density at radius 3 is 2.77 bits per heavy atom. The van der Waals surface area contributed by atoms with E-state index in [0.717, 1.165) is 45.6 Å². The van der Waals surface area contributed by atoms with Gasteiger partial charge in [-0.15, -0.1) is 0 Å². The maximum absolute atomic E-state index is 13.6. The van der Waals surface area contributed by atoms with E-state index in [9.17, 15) is 4.79 Å². The van der Waals surface area contributed by atoms with Crippen molar-refractivity contribution in [3.8, 4) is 0 Å². The van der Waals surface area contributed by atoms with Crippen LogP contribution < -0.4 is 4.90 Å². The molecule has 5 heteroatoms. The molecule has 0 radical (unpaired) electrons. The van der Waals surface area contributed by atoms with E-state index >= 15 is 0 Å². The van der Waals surface area contributed by atoms with Gasteiger partial charge in [0.1, 0.15) is 0 Å². The molecule has 3 aromatic carbocycles. The van der Waals surface area contributed by atoms with Gasteiger partial charge in [-0.05, 0) is 66.8 Å². The second-order valence-corrected chi connectivity index (χ2v) is 9.02. The number of hydrogen-bond acceptors (Lipinski definition) is 4. The number of anilines is 1. The summed E-state index contributed by atoms with van der Waals surface area (Å²) in [5, 5.41) is 2.94. The van der Waals surface area contributed by atoms with E-state index in [1.807, 2.05) is 41.3 Å². The quantitative estimate of drug-likeness (QED) is 0.416. The van der Waals surface area contributed by atoms with Crippen LogP contribution >= 0.6 is 11.3 Å². The number of amides is 1. The highest BCUT2D eigenvalue weighted by atomic mass is 32.1. The topological polar surface area (TPSA) is 42.4 Å². The smallest absolute Gasteiger partial charge is 0.260 e.